The molecule has 8 nitrogen and oxygen atoms in total. The molecule has 174 valence electrons. The third kappa shape index (κ3) is 4.75. The molecule has 2 heterocycles. The maximum atomic E-state index is 13.6. The lowest BCUT2D eigenvalue weighted by molar-refractivity contribution is -0.151. The quantitative estimate of drug-likeness (QED) is 0.666. The van der Waals surface area contributed by atoms with Gasteiger partial charge in [0.05, 0.1) is 43.5 Å². The number of hydrogen-bond acceptors (Lipinski definition) is 6. The van der Waals surface area contributed by atoms with Crippen LogP contribution < -0.4 is 15.3 Å². The molecule has 4 rings (SSSR count). The molecule has 32 heavy (non-hydrogen) atoms. The largest absolute Gasteiger partial charge is 0.496 e. The molecule has 2 aliphatic carbocycles. The van der Waals surface area contributed by atoms with Crippen LogP contribution in [0.2, 0.25) is 0 Å². The molecule has 0 N–H and O–H groups in total. The minimum absolute atomic E-state index is 0.101. The van der Waals surface area contributed by atoms with Crippen molar-refractivity contribution in [1.82, 2.24) is 14.8 Å². The highest BCUT2D eigenvalue weighted by Crippen LogP contribution is 2.35. The highest BCUT2D eigenvalue weighted by atomic mass is 16.6. The number of amides is 2. The fourth-order valence-electron chi connectivity index (χ4n) is 4.35. The van der Waals surface area contributed by atoms with Crippen LogP contribution in [0, 0.1) is 0 Å². The molecule has 1 aliphatic heterocycles. The number of carbonyl (C=O) groups is 2. The van der Waals surface area contributed by atoms with Gasteiger partial charge in [0, 0.05) is 23.9 Å². The number of carbonyl (C=O) groups excluding carboxylic acids is 2. The van der Waals surface area contributed by atoms with Crippen LogP contribution in [-0.2, 0) is 14.3 Å². The minimum atomic E-state index is -0.703. The summed E-state index contributed by atoms with van der Waals surface area (Å²) in [6.07, 6.45) is 6.81. The van der Waals surface area contributed by atoms with Gasteiger partial charge in [-0.25, -0.2) is 4.79 Å². The Labute approximate surface area is 188 Å². The highest BCUT2D eigenvalue weighted by Gasteiger charge is 2.42. The van der Waals surface area contributed by atoms with Crippen LogP contribution in [0.3, 0.4) is 0 Å². The van der Waals surface area contributed by atoms with Crippen LogP contribution in [0.25, 0.3) is 12.2 Å². The van der Waals surface area contributed by atoms with Crippen molar-refractivity contribution >= 4 is 24.2 Å². The maximum absolute atomic E-state index is 13.6. The summed E-state index contributed by atoms with van der Waals surface area (Å²) in [7, 11) is 1.66. The fourth-order valence-corrected chi connectivity index (χ4v) is 4.35. The van der Waals surface area contributed by atoms with Gasteiger partial charge in [0.2, 0.25) is 0 Å². The van der Waals surface area contributed by atoms with Gasteiger partial charge in [-0.15, -0.1) is 0 Å². The summed E-state index contributed by atoms with van der Waals surface area (Å²) in [4.78, 5) is 34.2. The monoisotopic (exact) mass is 443 g/mol. The summed E-state index contributed by atoms with van der Waals surface area (Å²) < 4.78 is 16.7. The second kappa shape index (κ2) is 9.48. The minimum Gasteiger partial charge on any atom is -0.496 e. The van der Waals surface area contributed by atoms with Gasteiger partial charge >= 0.3 is 6.09 Å². The molecule has 8 heteroatoms. The van der Waals surface area contributed by atoms with E-state index in [9.17, 15) is 9.59 Å². The van der Waals surface area contributed by atoms with E-state index in [2.05, 4.69) is 12.2 Å². The molecule has 1 aromatic rings. The van der Waals surface area contributed by atoms with E-state index < -0.39 is 12.2 Å². The number of nitrogens with zero attached hydrogens (tertiary/aromatic N) is 3. The van der Waals surface area contributed by atoms with E-state index in [0.29, 0.717) is 13.2 Å². The average molecular weight is 444 g/mol. The number of rotatable bonds is 6. The van der Waals surface area contributed by atoms with Crippen LogP contribution in [-0.4, -0.2) is 71.8 Å². The van der Waals surface area contributed by atoms with Gasteiger partial charge in [-0.3, -0.25) is 9.78 Å². The molecule has 1 saturated heterocycles. The summed E-state index contributed by atoms with van der Waals surface area (Å²) in [6, 6.07) is 1.88. The number of ether oxygens (including phenoxy) is 3. The first kappa shape index (κ1) is 22.6. The van der Waals surface area contributed by atoms with E-state index in [0.717, 1.165) is 47.7 Å². The summed E-state index contributed by atoms with van der Waals surface area (Å²) >= 11 is 0. The summed E-state index contributed by atoms with van der Waals surface area (Å²) in [5.41, 5.74) is 0.805. The van der Waals surface area contributed by atoms with Crippen molar-refractivity contribution in [2.45, 2.75) is 70.7 Å². The zero-order valence-electron chi connectivity index (χ0n) is 19.4. The molecule has 1 saturated carbocycles. The van der Waals surface area contributed by atoms with Crippen LogP contribution in [0.1, 0.15) is 58.2 Å². The van der Waals surface area contributed by atoms with Crippen molar-refractivity contribution in [2.24, 2.45) is 0 Å². The van der Waals surface area contributed by atoms with Gasteiger partial charge in [0.1, 0.15) is 5.75 Å². The Kier molecular flexibility index (Phi) is 6.69. The fraction of sp³-hybridized carbons (Fsp3) is 0.625. The van der Waals surface area contributed by atoms with Gasteiger partial charge in [0.15, 0.2) is 6.10 Å². The Balaban J connectivity index is 1.56. The number of fused-ring (bicyclic) bond motifs is 1. The molecule has 0 bridgehead atoms. The van der Waals surface area contributed by atoms with Crippen molar-refractivity contribution < 1.29 is 23.8 Å². The van der Waals surface area contributed by atoms with E-state index in [1.807, 2.05) is 31.7 Å². The third-order valence-corrected chi connectivity index (χ3v) is 6.12. The molecular formula is C24H33N3O5. The lowest BCUT2D eigenvalue weighted by Gasteiger charge is -2.37. The third-order valence-electron chi connectivity index (χ3n) is 6.12. The Morgan fingerprint density at radius 3 is 2.66 bits per heavy atom. The summed E-state index contributed by atoms with van der Waals surface area (Å²) in [5, 5.41) is 1.94. The van der Waals surface area contributed by atoms with Crippen LogP contribution in [0.4, 0.5) is 4.79 Å². The SMILES string of the molecule is COc1cc([C@H](C)N(C(=O)[C@H]2CN(C(=O)OC(C)C)CCO2)C2CC2)nc2c1=CCCC=2. The Hall–Kier alpha value is -2.61. The second-order valence-electron chi connectivity index (χ2n) is 8.92. The van der Waals surface area contributed by atoms with Crippen molar-refractivity contribution in [3.63, 3.8) is 0 Å². The van der Waals surface area contributed by atoms with Crippen molar-refractivity contribution in [2.75, 3.05) is 26.8 Å². The van der Waals surface area contributed by atoms with Crippen molar-refractivity contribution in [3.05, 3.63) is 22.3 Å². The first-order valence-corrected chi connectivity index (χ1v) is 11.5. The molecule has 2 amide bonds. The molecule has 0 unspecified atom stereocenters. The predicted molar refractivity (Wildman–Crippen MR) is 119 cm³/mol. The number of morpholine rings is 1. The maximum Gasteiger partial charge on any atom is 0.410 e. The standard InChI is InChI=1S/C24H33N3O5/c1-15(2)32-24(29)26-11-12-31-22(14-26)23(28)27(17-9-10-17)16(3)20-13-21(30-4)18-7-5-6-8-19(18)25-20/h7-8,13,15-17,22H,5-6,9-12,14H2,1-4H3/t16-,22+/m0/s1. The topological polar surface area (TPSA) is 81.2 Å². The van der Waals surface area contributed by atoms with Gasteiger partial charge in [-0.05, 0) is 46.5 Å². The number of aromatic nitrogens is 1. The Morgan fingerprint density at radius 2 is 1.97 bits per heavy atom. The first-order chi connectivity index (χ1) is 15.4. The molecule has 0 aromatic carbocycles. The highest BCUT2D eigenvalue weighted by molar-refractivity contribution is 5.83. The van der Waals surface area contributed by atoms with E-state index in [-0.39, 0.29) is 30.6 Å². The van der Waals surface area contributed by atoms with Crippen LogP contribution in [0.15, 0.2) is 6.07 Å². The van der Waals surface area contributed by atoms with E-state index >= 15 is 0 Å². The zero-order valence-corrected chi connectivity index (χ0v) is 19.4. The van der Waals surface area contributed by atoms with Crippen LogP contribution >= 0.6 is 0 Å². The van der Waals surface area contributed by atoms with Crippen LogP contribution in [0.5, 0.6) is 5.75 Å². The van der Waals surface area contributed by atoms with Gasteiger partial charge in [0.25, 0.3) is 5.91 Å². The van der Waals surface area contributed by atoms with E-state index in [1.54, 1.807) is 12.0 Å². The normalized spacial score (nSPS) is 21.2. The van der Waals surface area contributed by atoms with Gasteiger partial charge < -0.3 is 24.0 Å². The predicted octanol–water partition coefficient (Wildman–Crippen LogP) is 1.74. The van der Waals surface area contributed by atoms with Gasteiger partial charge in [-0.1, -0.05) is 12.2 Å². The lowest BCUT2D eigenvalue weighted by Crippen LogP contribution is -2.53. The molecule has 1 aromatic heterocycles. The van der Waals surface area contributed by atoms with Crippen molar-refractivity contribution in [1.29, 1.82) is 0 Å². The molecule has 0 spiro atoms. The lowest BCUT2D eigenvalue weighted by atomic mass is 10.1. The Bertz CT molecular complexity index is 988. The van der Waals surface area contributed by atoms with E-state index in [1.165, 1.54) is 0 Å². The number of hydrogen-bond donors (Lipinski definition) is 0. The molecule has 3 aliphatic rings. The van der Waals surface area contributed by atoms with Gasteiger partial charge in [-0.2, -0.15) is 0 Å². The molecule has 2 fully saturated rings. The summed E-state index contributed by atoms with van der Waals surface area (Å²) in [5.74, 6) is 0.684. The Morgan fingerprint density at radius 1 is 1.22 bits per heavy atom. The first-order valence-electron chi connectivity index (χ1n) is 11.5. The number of pyridine rings is 1. The smallest absolute Gasteiger partial charge is 0.410 e. The average Bonchev–Trinajstić information content (AvgIpc) is 3.63. The molecule has 0 radical (unpaired) electrons. The zero-order chi connectivity index (χ0) is 22.8. The number of methoxy groups -OCH3 is 1. The van der Waals surface area contributed by atoms with E-state index in [4.69, 9.17) is 19.2 Å². The molecule has 2 atom stereocenters. The summed E-state index contributed by atoms with van der Waals surface area (Å²) in [6.45, 7) is 6.56. The second-order valence-corrected chi connectivity index (χ2v) is 8.92. The van der Waals surface area contributed by atoms with Crippen molar-refractivity contribution in [3.8, 4) is 5.75 Å². The molecular weight excluding hydrogens is 410 g/mol.